The first-order chi connectivity index (χ1) is 7.54. The summed E-state index contributed by atoms with van der Waals surface area (Å²) in [7, 11) is 0. The third kappa shape index (κ3) is 3.26. The van der Waals surface area contributed by atoms with E-state index in [0.29, 0.717) is 6.42 Å². The molecule has 1 aromatic carbocycles. The molecule has 88 valence electrons. The van der Waals surface area contributed by atoms with Gasteiger partial charge in [0.25, 0.3) is 0 Å². The molecule has 0 radical (unpaired) electrons. The molecular formula is C13H18O3. The van der Waals surface area contributed by atoms with Crippen molar-refractivity contribution < 1.29 is 14.6 Å². The molecule has 0 aliphatic heterocycles. The van der Waals surface area contributed by atoms with E-state index in [1.807, 2.05) is 45.0 Å². The lowest BCUT2D eigenvalue weighted by molar-refractivity contribution is -0.138. The Morgan fingerprint density at radius 1 is 1.44 bits per heavy atom. The molecule has 0 saturated heterocycles. The van der Waals surface area contributed by atoms with E-state index in [1.165, 1.54) is 0 Å². The number of rotatable bonds is 5. The smallest absolute Gasteiger partial charge is 0.310 e. The van der Waals surface area contributed by atoms with E-state index >= 15 is 0 Å². The molecule has 16 heavy (non-hydrogen) atoms. The molecule has 0 fully saturated rings. The summed E-state index contributed by atoms with van der Waals surface area (Å²) in [5.74, 6) is -0.507. The Balaban J connectivity index is 2.92. The summed E-state index contributed by atoms with van der Waals surface area (Å²) in [6.45, 7) is 5.76. The normalized spacial score (nSPS) is 12.5. The molecule has 1 atom stereocenters. The van der Waals surface area contributed by atoms with Gasteiger partial charge in [0.05, 0.1) is 12.0 Å². The van der Waals surface area contributed by atoms with Crippen LogP contribution in [-0.4, -0.2) is 17.2 Å². The zero-order valence-electron chi connectivity index (χ0n) is 9.93. The minimum Gasteiger partial charge on any atom is -0.491 e. The number of benzene rings is 1. The van der Waals surface area contributed by atoms with Crippen LogP contribution in [0.1, 0.15) is 38.7 Å². The topological polar surface area (TPSA) is 46.5 Å². The van der Waals surface area contributed by atoms with E-state index in [1.54, 1.807) is 0 Å². The number of ether oxygens (including phenoxy) is 1. The van der Waals surface area contributed by atoms with Crippen LogP contribution in [0.5, 0.6) is 5.75 Å². The Morgan fingerprint density at radius 3 is 2.62 bits per heavy atom. The third-order valence-electron chi connectivity index (χ3n) is 2.34. The minimum atomic E-state index is -0.788. The number of hydrogen-bond donors (Lipinski definition) is 1. The maximum atomic E-state index is 11.0. The second-order valence-corrected chi connectivity index (χ2v) is 4.04. The summed E-state index contributed by atoms with van der Waals surface area (Å²) in [6.07, 6.45) is 0.681. The maximum absolute atomic E-state index is 11.0. The Morgan fingerprint density at radius 2 is 2.12 bits per heavy atom. The van der Waals surface area contributed by atoms with Crippen LogP contribution in [0.2, 0.25) is 0 Å². The van der Waals surface area contributed by atoms with E-state index in [-0.39, 0.29) is 6.10 Å². The number of hydrogen-bond acceptors (Lipinski definition) is 2. The van der Waals surface area contributed by atoms with Crippen molar-refractivity contribution in [2.75, 3.05) is 0 Å². The van der Waals surface area contributed by atoms with Gasteiger partial charge >= 0.3 is 5.97 Å². The van der Waals surface area contributed by atoms with E-state index in [9.17, 15) is 4.79 Å². The van der Waals surface area contributed by atoms with Crippen molar-refractivity contribution >= 4 is 5.97 Å². The molecule has 3 nitrogen and oxygen atoms in total. The van der Waals surface area contributed by atoms with Crippen molar-refractivity contribution in [1.29, 1.82) is 0 Å². The van der Waals surface area contributed by atoms with E-state index < -0.39 is 11.9 Å². The highest BCUT2D eigenvalue weighted by Crippen LogP contribution is 2.24. The van der Waals surface area contributed by atoms with E-state index in [0.717, 1.165) is 11.3 Å². The number of carboxylic acids is 1. The predicted octanol–water partition coefficient (Wildman–Crippen LogP) is 3.05. The second kappa shape index (κ2) is 5.54. The van der Waals surface area contributed by atoms with Gasteiger partial charge < -0.3 is 9.84 Å². The van der Waals surface area contributed by atoms with Gasteiger partial charge in [0.2, 0.25) is 0 Å². The van der Waals surface area contributed by atoms with Crippen LogP contribution in [0, 0.1) is 0 Å². The average molecular weight is 222 g/mol. The van der Waals surface area contributed by atoms with Gasteiger partial charge in [-0.05, 0) is 38.0 Å². The molecule has 0 heterocycles. The highest BCUT2D eigenvalue weighted by Gasteiger charge is 2.17. The largest absolute Gasteiger partial charge is 0.491 e. The predicted molar refractivity (Wildman–Crippen MR) is 62.9 cm³/mol. The standard InChI is InChI=1S/C13H18O3/c1-4-12(13(14)15)10-6-5-7-11(8-10)16-9(2)3/h5-9,12H,4H2,1-3H3,(H,14,15). The molecule has 1 aromatic rings. The summed E-state index contributed by atoms with van der Waals surface area (Å²) in [5.41, 5.74) is 0.799. The van der Waals surface area contributed by atoms with Crippen molar-refractivity contribution in [3.63, 3.8) is 0 Å². The molecule has 0 bridgehead atoms. The van der Waals surface area contributed by atoms with Crippen LogP contribution in [0.4, 0.5) is 0 Å². The Labute approximate surface area is 96.1 Å². The second-order valence-electron chi connectivity index (χ2n) is 4.04. The van der Waals surface area contributed by atoms with E-state index in [4.69, 9.17) is 9.84 Å². The molecule has 1 N–H and O–H groups in total. The monoisotopic (exact) mass is 222 g/mol. The molecule has 1 rings (SSSR count). The lowest BCUT2D eigenvalue weighted by atomic mass is 9.96. The van der Waals surface area contributed by atoms with E-state index in [2.05, 4.69) is 0 Å². The van der Waals surface area contributed by atoms with Crippen molar-refractivity contribution in [2.45, 2.75) is 39.2 Å². The summed E-state index contributed by atoms with van der Waals surface area (Å²) >= 11 is 0. The lowest BCUT2D eigenvalue weighted by Gasteiger charge is -2.14. The van der Waals surface area contributed by atoms with Gasteiger partial charge in [0.15, 0.2) is 0 Å². The van der Waals surface area contributed by atoms with Gasteiger partial charge in [-0.25, -0.2) is 0 Å². The molecular weight excluding hydrogens is 204 g/mol. The molecule has 3 heteroatoms. The Hall–Kier alpha value is -1.51. The molecule has 0 aliphatic rings. The highest BCUT2D eigenvalue weighted by atomic mass is 16.5. The van der Waals surface area contributed by atoms with Gasteiger partial charge in [0, 0.05) is 0 Å². The van der Waals surface area contributed by atoms with Crippen molar-refractivity contribution in [1.82, 2.24) is 0 Å². The molecule has 0 amide bonds. The zero-order chi connectivity index (χ0) is 12.1. The van der Waals surface area contributed by atoms with Crippen LogP contribution < -0.4 is 4.74 Å². The third-order valence-corrected chi connectivity index (χ3v) is 2.34. The SMILES string of the molecule is CCC(C(=O)O)c1cccc(OC(C)C)c1. The average Bonchev–Trinajstić information content (AvgIpc) is 2.17. The molecule has 0 saturated carbocycles. The van der Waals surface area contributed by atoms with Gasteiger partial charge in [-0.1, -0.05) is 19.1 Å². The van der Waals surface area contributed by atoms with Crippen molar-refractivity contribution in [2.24, 2.45) is 0 Å². The van der Waals surface area contributed by atoms with Gasteiger partial charge in [0.1, 0.15) is 5.75 Å². The Bertz CT molecular complexity index is 358. The summed E-state index contributed by atoms with van der Waals surface area (Å²) in [4.78, 5) is 11.0. The van der Waals surface area contributed by atoms with Gasteiger partial charge in [-0.15, -0.1) is 0 Å². The van der Waals surface area contributed by atoms with Crippen molar-refractivity contribution in [3.8, 4) is 5.75 Å². The van der Waals surface area contributed by atoms with Crippen LogP contribution in [-0.2, 0) is 4.79 Å². The van der Waals surface area contributed by atoms with Crippen molar-refractivity contribution in [3.05, 3.63) is 29.8 Å². The zero-order valence-corrected chi connectivity index (χ0v) is 9.93. The highest BCUT2D eigenvalue weighted by molar-refractivity contribution is 5.76. The number of aliphatic carboxylic acids is 1. The lowest BCUT2D eigenvalue weighted by Crippen LogP contribution is -2.11. The first-order valence-electron chi connectivity index (χ1n) is 5.54. The van der Waals surface area contributed by atoms with Crippen LogP contribution >= 0.6 is 0 Å². The van der Waals surface area contributed by atoms with Crippen LogP contribution in [0.15, 0.2) is 24.3 Å². The van der Waals surface area contributed by atoms with Crippen LogP contribution in [0.25, 0.3) is 0 Å². The first-order valence-corrected chi connectivity index (χ1v) is 5.54. The maximum Gasteiger partial charge on any atom is 0.310 e. The van der Waals surface area contributed by atoms with Crippen LogP contribution in [0.3, 0.4) is 0 Å². The van der Waals surface area contributed by atoms with Gasteiger partial charge in [-0.3, -0.25) is 4.79 Å². The fourth-order valence-corrected chi connectivity index (χ4v) is 1.63. The van der Waals surface area contributed by atoms with Gasteiger partial charge in [-0.2, -0.15) is 0 Å². The fraction of sp³-hybridized carbons (Fsp3) is 0.462. The molecule has 0 aliphatic carbocycles. The minimum absolute atomic E-state index is 0.0974. The summed E-state index contributed by atoms with van der Waals surface area (Å²) in [6, 6.07) is 7.31. The fourth-order valence-electron chi connectivity index (χ4n) is 1.63. The number of carboxylic acid groups (broad SMARTS) is 1. The Kier molecular flexibility index (Phi) is 4.35. The summed E-state index contributed by atoms with van der Waals surface area (Å²) in [5, 5.41) is 9.06. The number of carbonyl (C=O) groups is 1. The quantitative estimate of drug-likeness (QED) is 0.832. The first kappa shape index (κ1) is 12.6. The molecule has 0 aromatic heterocycles. The summed E-state index contributed by atoms with van der Waals surface area (Å²) < 4.78 is 5.54. The molecule has 0 spiro atoms. The molecule has 1 unspecified atom stereocenters.